The van der Waals surface area contributed by atoms with Gasteiger partial charge in [-0.15, -0.1) is 0 Å². The summed E-state index contributed by atoms with van der Waals surface area (Å²) in [5.74, 6) is -1.26. The fourth-order valence-corrected chi connectivity index (χ4v) is 1.97. The quantitative estimate of drug-likeness (QED) is 0.675. The van der Waals surface area contributed by atoms with Gasteiger partial charge in [0, 0.05) is 17.7 Å². The molecule has 2 aromatic carbocycles. The van der Waals surface area contributed by atoms with E-state index in [2.05, 4.69) is 0 Å². The number of ether oxygens (including phenoxy) is 1. The Hall–Kier alpha value is -2.67. The molecule has 0 saturated heterocycles. The number of nitro benzene ring substituents is 1. The van der Waals surface area contributed by atoms with Crippen LogP contribution < -0.4 is 10.5 Å². The van der Waals surface area contributed by atoms with Gasteiger partial charge >= 0.3 is 0 Å². The molecule has 0 spiro atoms. The van der Waals surface area contributed by atoms with Crippen molar-refractivity contribution in [1.82, 2.24) is 0 Å². The van der Waals surface area contributed by atoms with Crippen molar-refractivity contribution in [2.75, 3.05) is 0 Å². The van der Waals surface area contributed by atoms with E-state index in [1.165, 1.54) is 24.3 Å². The Bertz CT molecular complexity index is 752. The van der Waals surface area contributed by atoms with Crippen LogP contribution in [0, 0.1) is 15.9 Å². The molecular weight excluding hydrogens is 315 g/mol. The van der Waals surface area contributed by atoms with Crippen molar-refractivity contribution in [3.63, 3.8) is 0 Å². The molecule has 0 unspecified atom stereocenters. The third kappa shape index (κ3) is 3.50. The number of nitrogens with two attached hydrogens (primary N) is 1. The first-order chi connectivity index (χ1) is 10.4. The molecule has 8 heteroatoms. The first kappa shape index (κ1) is 15.7. The van der Waals surface area contributed by atoms with Gasteiger partial charge in [-0.2, -0.15) is 0 Å². The molecule has 0 aliphatic heterocycles. The molecule has 0 saturated carbocycles. The molecule has 0 atom stereocenters. The summed E-state index contributed by atoms with van der Waals surface area (Å²) in [6.45, 7) is -0.0444. The first-order valence-electron chi connectivity index (χ1n) is 6.03. The number of amides is 1. The van der Waals surface area contributed by atoms with E-state index in [9.17, 15) is 19.3 Å². The van der Waals surface area contributed by atoms with Gasteiger partial charge in [-0.1, -0.05) is 17.7 Å². The number of non-ortho nitro benzene ring substituents is 1. The van der Waals surface area contributed by atoms with Crippen LogP contribution >= 0.6 is 11.6 Å². The number of nitro groups is 1. The lowest BCUT2D eigenvalue weighted by Crippen LogP contribution is -2.13. The predicted molar refractivity (Wildman–Crippen MR) is 77.4 cm³/mol. The summed E-state index contributed by atoms with van der Waals surface area (Å²) in [6, 6.07) is 7.28. The minimum atomic E-state index is -0.857. The molecule has 0 heterocycles. The maximum atomic E-state index is 13.0. The second-order valence-electron chi connectivity index (χ2n) is 4.33. The molecule has 22 heavy (non-hydrogen) atoms. The molecular formula is C14H10ClFN2O4. The standard InChI is InChI=1S/C14H10ClFN2O4/c15-12-5-9(16)2-1-8(12)7-22-13-4-3-10(18(20)21)6-11(13)14(17)19/h1-6H,7H2,(H2,17,19). The SMILES string of the molecule is NC(=O)c1cc([N+](=O)[O-])ccc1OCc1ccc(F)cc1Cl. The highest BCUT2D eigenvalue weighted by Crippen LogP contribution is 2.26. The van der Waals surface area contributed by atoms with Gasteiger partial charge in [0.15, 0.2) is 0 Å². The highest BCUT2D eigenvalue weighted by atomic mass is 35.5. The maximum absolute atomic E-state index is 13.0. The van der Waals surface area contributed by atoms with Gasteiger partial charge in [0.1, 0.15) is 18.2 Å². The lowest BCUT2D eigenvalue weighted by atomic mass is 10.1. The second kappa shape index (κ2) is 6.40. The van der Waals surface area contributed by atoms with Crippen LogP contribution in [0.1, 0.15) is 15.9 Å². The molecule has 1 amide bonds. The monoisotopic (exact) mass is 324 g/mol. The van der Waals surface area contributed by atoms with Crippen molar-refractivity contribution in [3.8, 4) is 5.75 Å². The van der Waals surface area contributed by atoms with Crippen LogP contribution in [0.25, 0.3) is 0 Å². The second-order valence-corrected chi connectivity index (χ2v) is 4.73. The minimum absolute atomic E-state index is 0.0444. The smallest absolute Gasteiger partial charge is 0.270 e. The molecule has 0 fully saturated rings. The summed E-state index contributed by atoms with van der Waals surface area (Å²) < 4.78 is 18.4. The lowest BCUT2D eigenvalue weighted by Gasteiger charge is -2.10. The molecule has 2 rings (SSSR count). The number of nitrogens with zero attached hydrogens (tertiary/aromatic N) is 1. The van der Waals surface area contributed by atoms with E-state index in [0.717, 1.165) is 12.1 Å². The van der Waals surface area contributed by atoms with Crippen molar-refractivity contribution in [2.24, 2.45) is 5.73 Å². The molecule has 0 aliphatic rings. The van der Waals surface area contributed by atoms with E-state index in [-0.39, 0.29) is 28.6 Å². The van der Waals surface area contributed by atoms with E-state index >= 15 is 0 Å². The van der Waals surface area contributed by atoms with Crippen LogP contribution in [0.4, 0.5) is 10.1 Å². The summed E-state index contributed by atoms with van der Waals surface area (Å²) in [5, 5.41) is 10.9. The lowest BCUT2D eigenvalue weighted by molar-refractivity contribution is -0.384. The van der Waals surface area contributed by atoms with E-state index in [0.29, 0.717) is 5.56 Å². The average molecular weight is 325 g/mol. The summed E-state index contributed by atoms with van der Waals surface area (Å²) in [5.41, 5.74) is 5.29. The average Bonchev–Trinajstić information content (AvgIpc) is 2.46. The fourth-order valence-electron chi connectivity index (χ4n) is 1.74. The molecule has 2 N–H and O–H groups in total. The van der Waals surface area contributed by atoms with Crippen LogP contribution in [-0.2, 0) is 6.61 Å². The third-order valence-electron chi connectivity index (χ3n) is 2.84. The normalized spacial score (nSPS) is 10.3. The highest BCUT2D eigenvalue weighted by molar-refractivity contribution is 6.31. The Kier molecular flexibility index (Phi) is 4.57. The van der Waals surface area contributed by atoms with Crippen LogP contribution in [0.5, 0.6) is 5.75 Å². The first-order valence-corrected chi connectivity index (χ1v) is 6.41. The third-order valence-corrected chi connectivity index (χ3v) is 3.19. The predicted octanol–water partition coefficient (Wildman–Crippen LogP) is 3.07. The van der Waals surface area contributed by atoms with Crippen molar-refractivity contribution in [1.29, 1.82) is 0 Å². The Morgan fingerprint density at radius 1 is 1.32 bits per heavy atom. The Balaban J connectivity index is 2.25. The van der Waals surface area contributed by atoms with Crippen LogP contribution in [0.2, 0.25) is 5.02 Å². The fraction of sp³-hybridized carbons (Fsp3) is 0.0714. The zero-order valence-electron chi connectivity index (χ0n) is 11.1. The number of hydrogen-bond donors (Lipinski definition) is 1. The Morgan fingerprint density at radius 3 is 2.64 bits per heavy atom. The minimum Gasteiger partial charge on any atom is -0.488 e. The summed E-state index contributed by atoms with van der Waals surface area (Å²) in [4.78, 5) is 21.4. The van der Waals surface area contributed by atoms with Crippen molar-refractivity contribution in [3.05, 3.63) is 68.5 Å². The van der Waals surface area contributed by atoms with Crippen LogP contribution in [0.15, 0.2) is 36.4 Å². The zero-order valence-corrected chi connectivity index (χ0v) is 11.8. The number of halogens is 2. The number of carbonyl (C=O) groups is 1. The highest BCUT2D eigenvalue weighted by Gasteiger charge is 2.16. The maximum Gasteiger partial charge on any atom is 0.270 e. The number of benzene rings is 2. The van der Waals surface area contributed by atoms with E-state index in [1.54, 1.807) is 0 Å². The molecule has 0 aliphatic carbocycles. The van der Waals surface area contributed by atoms with E-state index in [1.807, 2.05) is 0 Å². The number of carbonyl (C=O) groups excluding carboxylic acids is 1. The van der Waals surface area contributed by atoms with Gasteiger partial charge in [-0.05, 0) is 18.2 Å². The van der Waals surface area contributed by atoms with Crippen LogP contribution in [-0.4, -0.2) is 10.8 Å². The molecule has 114 valence electrons. The van der Waals surface area contributed by atoms with Gasteiger partial charge < -0.3 is 10.5 Å². The van der Waals surface area contributed by atoms with Gasteiger partial charge in [0.25, 0.3) is 11.6 Å². The summed E-state index contributed by atoms with van der Waals surface area (Å²) in [7, 11) is 0. The van der Waals surface area contributed by atoms with E-state index < -0.39 is 16.6 Å². The number of rotatable bonds is 5. The zero-order chi connectivity index (χ0) is 16.3. The van der Waals surface area contributed by atoms with Crippen LogP contribution in [0.3, 0.4) is 0 Å². The Labute approximate surface area is 129 Å². The number of primary amides is 1. The van der Waals surface area contributed by atoms with Gasteiger partial charge in [-0.3, -0.25) is 14.9 Å². The molecule has 6 nitrogen and oxygen atoms in total. The summed E-state index contributed by atoms with van der Waals surface area (Å²) in [6.07, 6.45) is 0. The molecule has 0 aromatic heterocycles. The van der Waals surface area contributed by atoms with Crippen molar-refractivity contribution in [2.45, 2.75) is 6.61 Å². The largest absolute Gasteiger partial charge is 0.488 e. The van der Waals surface area contributed by atoms with Gasteiger partial charge in [0.05, 0.1) is 15.5 Å². The number of hydrogen-bond acceptors (Lipinski definition) is 4. The van der Waals surface area contributed by atoms with Gasteiger partial charge in [0.2, 0.25) is 0 Å². The Morgan fingerprint density at radius 2 is 2.05 bits per heavy atom. The molecule has 2 aromatic rings. The van der Waals surface area contributed by atoms with Crippen molar-refractivity contribution < 1.29 is 18.8 Å². The van der Waals surface area contributed by atoms with Crippen molar-refractivity contribution >= 4 is 23.2 Å². The topological polar surface area (TPSA) is 95.5 Å². The summed E-state index contributed by atoms with van der Waals surface area (Å²) >= 11 is 5.86. The van der Waals surface area contributed by atoms with E-state index in [4.69, 9.17) is 22.1 Å². The molecule has 0 bridgehead atoms. The van der Waals surface area contributed by atoms with Gasteiger partial charge in [-0.25, -0.2) is 4.39 Å². The molecule has 0 radical (unpaired) electrons.